The Balaban J connectivity index is 1.94. The topological polar surface area (TPSA) is 47.0 Å². The van der Waals surface area contributed by atoms with E-state index < -0.39 is 0 Å². The van der Waals surface area contributed by atoms with Gasteiger partial charge in [-0.3, -0.25) is 0 Å². The van der Waals surface area contributed by atoms with Gasteiger partial charge in [-0.1, -0.05) is 22.7 Å². The molecule has 94 valence electrons. The van der Waals surface area contributed by atoms with Crippen molar-refractivity contribution in [3.8, 4) is 5.75 Å². The second-order valence-electron chi connectivity index (χ2n) is 4.46. The quantitative estimate of drug-likeness (QED) is 0.902. The summed E-state index contributed by atoms with van der Waals surface area (Å²) in [5, 5.41) is 8.37. The molecular formula is C13H15N3OS. The van der Waals surface area contributed by atoms with Crippen molar-refractivity contribution >= 4 is 16.5 Å². The highest BCUT2D eigenvalue weighted by Gasteiger charge is 2.21. The van der Waals surface area contributed by atoms with E-state index in [9.17, 15) is 0 Å². The number of fused-ring (bicyclic) bond motifs is 1. The zero-order valence-electron chi connectivity index (χ0n) is 10.2. The van der Waals surface area contributed by atoms with E-state index in [4.69, 9.17) is 4.74 Å². The lowest BCUT2D eigenvalue weighted by molar-refractivity contribution is 0.314. The van der Waals surface area contributed by atoms with Gasteiger partial charge in [0.25, 0.3) is 0 Å². The number of ether oxygens (including phenoxy) is 1. The monoisotopic (exact) mass is 261 g/mol. The Kier molecular flexibility index (Phi) is 3.15. The second kappa shape index (κ2) is 4.94. The number of nitrogens with one attached hydrogen (secondary N) is 1. The molecule has 0 amide bonds. The molecule has 0 fully saturated rings. The van der Waals surface area contributed by atoms with Crippen LogP contribution in [-0.4, -0.2) is 16.2 Å². The Morgan fingerprint density at radius 2 is 2.39 bits per heavy atom. The van der Waals surface area contributed by atoms with E-state index >= 15 is 0 Å². The standard InChI is InChI=1S/C13H15N3OS/c1-9-4-2-5-10-11(6-3-7-17-13(9)10)15-12-8-14-16-18-12/h2,4-5,8,11,15H,3,6-7H2,1H3. The van der Waals surface area contributed by atoms with Crippen LogP contribution in [0.15, 0.2) is 24.4 Å². The molecule has 0 spiro atoms. The van der Waals surface area contributed by atoms with Crippen molar-refractivity contribution in [2.75, 3.05) is 11.9 Å². The number of aryl methyl sites for hydroxylation is 1. The van der Waals surface area contributed by atoms with Gasteiger partial charge in [0.15, 0.2) is 0 Å². The molecule has 1 unspecified atom stereocenters. The molecule has 5 heteroatoms. The van der Waals surface area contributed by atoms with Gasteiger partial charge >= 0.3 is 0 Å². The summed E-state index contributed by atoms with van der Waals surface area (Å²) < 4.78 is 9.74. The number of para-hydroxylation sites is 1. The molecular weight excluding hydrogens is 246 g/mol. The predicted molar refractivity (Wildman–Crippen MR) is 72.2 cm³/mol. The molecule has 1 N–H and O–H groups in total. The minimum atomic E-state index is 0.282. The number of nitrogens with zero attached hydrogens (tertiary/aromatic N) is 2. The number of hydrogen-bond acceptors (Lipinski definition) is 5. The SMILES string of the molecule is Cc1cccc2c1OCCCC2Nc1cnns1. The summed E-state index contributed by atoms with van der Waals surface area (Å²) in [7, 11) is 0. The van der Waals surface area contributed by atoms with Crippen LogP contribution in [0.4, 0.5) is 5.00 Å². The lowest BCUT2D eigenvalue weighted by Gasteiger charge is -2.18. The van der Waals surface area contributed by atoms with E-state index in [0.717, 1.165) is 30.2 Å². The van der Waals surface area contributed by atoms with Gasteiger partial charge in [0.2, 0.25) is 0 Å². The van der Waals surface area contributed by atoms with Crippen molar-refractivity contribution in [2.45, 2.75) is 25.8 Å². The lowest BCUT2D eigenvalue weighted by Crippen LogP contribution is -2.09. The Morgan fingerprint density at radius 1 is 1.44 bits per heavy atom. The van der Waals surface area contributed by atoms with Gasteiger partial charge in [0.05, 0.1) is 18.8 Å². The summed E-state index contributed by atoms with van der Waals surface area (Å²) in [6, 6.07) is 6.60. The third-order valence-electron chi connectivity index (χ3n) is 3.18. The molecule has 1 aromatic heterocycles. The molecule has 1 aliphatic heterocycles. The minimum absolute atomic E-state index is 0.282. The van der Waals surface area contributed by atoms with E-state index in [1.807, 2.05) is 0 Å². The Bertz CT molecular complexity index is 527. The van der Waals surface area contributed by atoms with Crippen molar-refractivity contribution in [3.63, 3.8) is 0 Å². The summed E-state index contributed by atoms with van der Waals surface area (Å²) in [6.07, 6.45) is 3.89. The highest BCUT2D eigenvalue weighted by molar-refractivity contribution is 7.09. The molecule has 2 aromatic rings. The van der Waals surface area contributed by atoms with Crippen LogP contribution in [0.3, 0.4) is 0 Å². The van der Waals surface area contributed by atoms with Gasteiger partial charge in [0, 0.05) is 17.1 Å². The summed E-state index contributed by atoms with van der Waals surface area (Å²) in [6.45, 7) is 2.88. The third kappa shape index (κ3) is 2.18. The first-order valence-electron chi connectivity index (χ1n) is 6.11. The molecule has 0 saturated carbocycles. The largest absolute Gasteiger partial charge is 0.493 e. The molecule has 0 aliphatic carbocycles. The molecule has 18 heavy (non-hydrogen) atoms. The Hall–Kier alpha value is -1.62. The van der Waals surface area contributed by atoms with Crippen LogP contribution in [0.5, 0.6) is 5.75 Å². The van der Waals surface area contributed by atoms with E-state index in [1.54, 1.807) is 6.20 Å². The predicted octanol–water partition coefficient (Wildman–Crippen LogP) is 3.17. The Labute approximate surface area is 110 Å². The van der Waals surface area contributed by atoms with Gasteiger partial charge in [-0.2, -0.15) is 0 Å². The highest BCUT2D eigenvalue weighted by atomic mass is 32.1. The van der Waals surface area contributed by atoms with Crippen molar-refractivity contribution < 1.29 is 4.74 Å². The number of anilines is 1. The van der Waals surface area contributed by atoms with Gasteiger partial charge in [0.1, 0.15) is 10.8 Å². The van der Waals surface area contributed by atoms with Crippen LogP contribution in [0.2, 0.25) is 0 Å². The zero-order chi connectivity index (χ0) is 12.4. The van der Waals surface area contributed by atoms with Crippen molar-refractivity contribution in [1.82, 2.24) is 9.59 Å². The molecule has 0 saturated heterocycles. The van der Waals surface area contributed by atoms with Crippen LogP contribution in [0.1, 0.15) is 30.0 Å². The average molecular weight is 261 g/mol. The van der Waals surface area contributed by atoms with E-state index in [2.05, 4.69) is 40.0 Å². The molecule has 3 rings (SSSR count). The van der Waals surface area contributed by atoms with Crippen LogP contribution in [0.25, 0.3) is 0 Å². The van der Waals surface area contributed by atoms with Crippen LogP contribution >= 0.6 is 11.5 Å². The van der Waals surface area contributed by atoms with Crippen LogP contribution < -0.4 is 10.1 Å². The molecule has 1 aliphatic rings. The van der Waals surface area contributed by atoms with E-state index in [-0.39, 0.29) is 6.04 Å². The van der Waals surface area contributed by atoms with Crippen molar-refractivity contribution in [3.05, 3.63) is 35.5 Å². The molecule has 2 heterocycles. The van der Waals surface area contributed by atoms with Gasteiger partial charge in [-0.15, -0.1) is 5.10 Å². The zero-order valence-corrected chi connectivity index (χ0v) is 11.0. The molecule has 0 bridgehead atoms. The molecule has 4 nitrogen and oxygen atoms in total. The fourth-order valence-corrected chi connectivity index (χ4v) is 2.79. The van der Waals surface area contributed by atoms with E-state index in [1.165, 1.54) is 22.7 Å². The normalized spacial score (nSPS) is 18.6. The summed E-state index contributed by atoms with van der Waals surface area (Å²) >= 11 is 1.39. The summed E-state index contributed by atoms with van der Waals surface area (Å²) in [5.41, 5.74) is 2.43. The summed E-state index contributed by atoms with van der Waals surface area (Å²) in [4.78, 5) is 0. The number of aromatic nitrogens is 2. The Morgan fingerprint density at radius 3 is 3.22 bits per heavy atom. The van der Waals surface area contributed by atoms with E-state index in [0.29, 0.717) is 0 Å². The fraction of sp³-hybridized carbons (Fsp3) is 0.385. The maximum atomic E-state index is 5.86. The smallest absolute Gasteiger partial charge is 0.130 e. The number of benzene rings is 1. The maximum absolute atomic E-state index is 5.86. The highest BCUT2D eigenvalue weighted by Crippen LogP contribution is 2.36. The van der Waals surface area contributed by atoms with Gasteiger partial charge in [-0.25, -0.2) is 0 Å². The molecule has 0 radical (unpaired) electrons. The first-order chi connectivity index (χ1) is 8.84. The van der Waals surface area contributed by atoms with Crippen molar-refractivity contribution in [1.29, 1.82) is 0 Å². The average Bonchev–Trinajstić information content (AvgIpc) is 2.79. The van der Waals surface area contributed by atoms with Crippen LogP contribution in [-0.2, 0) is 0 Å². The summed E-state index contributed by atoms with van der Waals surface area (Å²) in [5.74, 6) is 1.03. The van der Waals surface area contributed by atoms with Crippen LogP contribution in [0, 0.1) is 6.92 Å². The first-order valence-corrected chi connectivity index (χ1v) is 6.88. The fourth-order valence-electron chi connectivity index (χ4n) is 2.32. The second-order valence-corrected chi connectivity index (χ2v) is 5.25. The first kappa shape index (κ1) is 11.5. The maximum Gasteiger partial charge on any atom is 0.130 e. The van der Waals surface area contributed by atoms with Crippen molar-refractivity contribution in [2.24, 2.45) is 0 Å². The molecule has 1 aromatic carbocycles. The third-order valence-corrected chi connectivity index (χ3v) is 3.77. The number of rotatable bonds is 2. The number of hydrogen-bond donors (Lipinski definition) is 1. The minimum Gasteiger partial charge on any atom is -0.493 e. The molecule has 1 atom stereocenters. The lowest BCUT2D eigenvalue weighted by atomic mass is 10.00. The van der Waals surface area contributed by atoms with Gasteiger partial charge in [-0.05, 0) is 25.3 Å². The van der Waals surface area contributed by atoms with Gasteiger partial charge < -0.3 is 10.1 Å².